The minimum absolute atomic E-state index is 0.0194. The van der Waals surface area contributed by atoms with E-state index in [0.29, 0.717) is 6.04 Å². The number of hydrogen-bond acceptors (Lipinski definition) is 0. The molecular weight excluding hydrogens is 448 g/mol. The zero-order chi connectivity index (χ0) is 25.8. The summed E-state index contributed by atoms with van der Waals surface area (Å²) in [6.07, 6.45) is 18.5. The molecule has 1 aromatic heterocycles. The van der Waals surface area contributed by atoms with Gasteiger partial charge in [0.05, 0.1) is 0 Å². The minimum atomic E-state index is -0.0194. The average molecular weight is 494 g/mol. The summed E-state index contributed by atoms with van der Waals surface area (Å²) in [6, 6.07) is 33.4. The van der Waals surface area contributed by atoms with Gasteiger partial charge in [-0.05, 0) is 36.0 Å². The molecular formula is C35H45N2+. The van der Waals surface area contributed by atoms with E-state index in [1.54, 1.807) is 0 Å². The van der Waals surface area contributed by atoms with Crippen LogP contribution in [0.3, 0.4) is 0 Å². The average Bonchev–Trinajstić information content (AvgIpc) is 3.39. The van der Waals surface area contributed by atoms with Crippen molar-refractivity contribution in [3.8, 4) is 0 Å². The van der Waals surface area contributed by atoms with E-state index in [9.17, 15) is 0 Å². The number of imidazole rings is 1. The predicted molar refractivity (Wildman–Crippen MR) is 156 cm³/mol. The number of aromatic nitrogens is 2. The molecule has 0 aliphatic carbocycles. The lowest BCUT2D eigenvalue weighted by molar-refractivity contribution is -0.688. The fourth-order valence-electron chi connectivity index (χ4n) is 5.83. The molecule has 1 heterocycles. The van der Waals surface area contributed by atoms with Crippen LogP contribution >= 0.6 is 0 Å². The van der Waals surface area contributed by atoms with Gasteiger partial charge >= 0.3 is 0 Å². The van der Waals surface area contributed by atoms with Crippen LogP contribution < -0.4 is 4.57 Å². The normalized spacial score (nSPS) is 13.8. The molecule has 2 heteroatoms. The summed E-state index contributed by atoms with van der Waals surface area (Å²) in [4.78, 5) is 0. The smallest absolute Gasteiger partial charge is 0.233 e. The van der Waals surface area contributed by atoms with Crippen molar-refractivity contribution < 1.29 is 4.57 Å². The van der Waals surface area contributed by atoms with Crippen molar-refractivity contribution in [2.24, 2.45) is 0 Å². The fraction of sp³-hybridized carbons (Fsp3) is 0.400. The van der Waals surface area contributed by atoms with E-state index in [2.05, 4.69) is 133 Å². The van der Waals surface area contributed by atoms with Crippen molar-refractivity contribution in [3.63, 3.8) is 0 Å². The Balaban J connectivity index is 1.61. The van der Waals surface area contributed by atoms with Crippen LogP contribution in [0.4, 0.5) is 0 Å². The third-order valence-electron chi connectivity index (χ3n) is 7.94. The highest BCUT2D eigenvalue weighted by molar-refractivity contribution is 5.31. The SMILES string of the molecule is CCCCCCCCCC(n1cc[n+](Cc2ccccc2)c1)C(C)(Cc1ccccc1)c1ccccc1. The van der Waals surface area contributed by atoms with E-state index in [4.69, 9.17) is 0 Å². The quantitative estimate of drug-likeness (QED) is 0.116. The molecule has 0 fully saturated rings. The second kappa shape index (κ2) is 14.0. The standard InChI is InChI=1S/C35H45N2/c1-3-4-5-6-7-8-18-25-34(37-27-26-36(30-37)29-32-21-14-10-15-22-32)35(2,33-23-16-11-17-24-33)28-31-19-12-9-13-20-31/h9-17,19-24,26-27,30,34H,3-8,18,25,28-29H2,1-2H3/q+1. The lowest BCUT2D eigenvalue weighted by atomic mass is 9.70. The van der Waals surface area contributed by atoms with Gasteiger partial charge in [-0.2, -0.15) is 0 Å². The molecule has 0 amide bonds. The molecule has 194 valence electrons. The summed E-state index contributed by atoms with van der Waals surface area (Å²) in [5, 5.41) is 0. The van der Waals surface area contributed by atoms with Crippen LogP contribution in [0.25, 0.3) is 0 Å². The van der Waals surface area contributed by atoms with Gasteiger partial charge in [-0.25, -0.2) is 9.13 Å². The van der Waals surface area contributed by atoms with Gasteiger partial charge in [0.1, 0.15) is 25.0 Å². The summed E-state index contributed by atoms with van der Waals surface area (Å²) < 4.78 is 4.84. The zero-order valence-corrected chi connectivity index (χ0v) is 22.9. The van der Waals surface area contributed by atoms with Crippen molar-refractivity contribution in [1.82, 2.24) is 4.57 Å². The van der Waals surface area contributed by atoms with Crippen molar-refractivity contribution in [1.29, 1.82) is 0 Å². The monoisotopic (exact) mass is 493 g/mol. The first kappa shape index (κ1) is 26.9. The van der Waals surface area contributed by atoms with Crippen molar-refractivity contribution in [3.05, 3.63) is 126 Å². The molecule has 0 saturated heterocycles. The Labute approximate surface area is 225 Å². The molecule has 2 unspecified atom stereocenters. The predicted octanol–water partition coefficient (Wildman–Crippen LogP) is 8.71. The van der Waals surface area contributed by atoms with E-state index in [0.717, 1.165) is 13.0 Å². The largest absolute Gasteiger partial charge is 0.244 e. The maximum Gasteiger partial charge on any atom is 0.244 e. The van der Waals surface area contributed by atoms with Gasteiger partial charge in [0, 0.05) is 5.41 Å². The Kier molecular flexibility index (Phi) is 10.2. The third kappa shape index (κ3) is 7.68. The second-order valence-electron chi connectivity index (χ2n) is 10.9. The Morgan fingerprint density at radius 1 is 0.703 bits per heavy atom. The van der Waals surface area contributed by atoms with Crippen LogP contribution in [0.1, 0.15) is 87.9 Å². The molecule has 0 aliphatic rings. The highest BCUT2D eigenvalue weighted by atomic mass is 15.1. The van der Waals surface area contributed by atoms with Gasteiger partial charge in [-0.3, -0.25) is 0 Å². The van der Waals surface area contributed by atoms with Gasteiger partial charge < -0.3 is 0 Å². The molecule has 0 bridgehead atoms. The van der Waals surface area contributed by atoms with E-state index >= 15 is 0 Å². The first-order valence-electron chi connectivity index (χ1n) is 14.4. The molecule has 0 radical (unpaired) electrons. The van der Waals surface area contributed by atoms with Crippen LogP contribution in [0.15, 0.2) is 110 Å². The van der Waals surface area contributed by atoms with E-state index in [1.165, 1.54) is 68.1 Å². The molecule has 2 atom stereocenters. The van der Waals surface area contributed by atoms with Crippen LogP contribution in [-0.2, 0) is 18.4 Å². The van der Waals surface area contributed by atoms with E-state index in [-0.39, 0.29) is 5.41 Å². The molecule has 4 aromatic rings. The highest BCUT2D eigenvalue weighted by Gasteiger charge is 2.40. The Hall–Kier alpha value is -3.13. The Morgan fingerprint density at radius 2 is 1.27 bits per heavy atom. The maximum atomic E-state index is 2.51. The topological polar surface area (TPSA) is 8.81 Å². The summed E-state index contributed by atoms with van der Waals surface area (Å²) in [6.45, 7) is 5.68. The van der Waals surface area contributed by atoms with Gasteiger partial charge in [0.25, 0.3) is 0 Å². The first-order chi connectivity index (χ1) is 18.2. The third-order valence-corrected chi connectivity index (χ3v) is 7.94. The number of hydrogen-bond donors (Lipinski definition) is 0. The number of nitrogens with zero attached hydrogens (tertiary/aromatic N) is 2. The highest BCUT2D eigenvalue weighted by Crippen LogP contribution is 2.41. The molecule has 0 aliphatic heterocycles. The number of unbranched alkanes of at least 4 members (excludes halogenated alkanes) is 6. The maximum absolute atomic E-state index is 2.51. The van der Waals surface area contributed by atoms with Gasteiger partial charge in [-0.1, -0.05) is 143 Å². The molecule has 3 aromatic carbocycles. The van der Waals surface area contributed by atoms with E-state index < -0.39 is 0 Å². The summed E-state index contributed by atoms with van der Waals surface area (Å²) in [5.74, 6) is 0. The lowest BCUT2D eigenvalue weighted by Crippen LogP contribution is -2.38. The van der Waals surface area contributed by atoms with Gasteiger partial charge in [0.2, 0.25) is 6.33 Å². The lowest BCUT2D eigenvalue weighted by Gasteiger charge is -2.37. The molecule has 0 N–H and O–H groups in total. The van der Waals surface area contributed by atoms with Crippen molar-refractivity contribution >= 4 is 0 Å². The summed E-state index contributed by atoms with van der Waals surface area (Å²) in [5.41, 5.74) is 4.15. The number of benzene rings is 3. The molecule has 4 rings (SSSR count). The Bertz CT molecular complexity index is 1150. The van der Waals surface area contributed by atoms with Gasteiger partial charge in [0.15, 0.2) is 0 Å². The summed E-state index contributed by atoms with van der Waals surface area (Å²) in [7, 11) is 0. The molecule has 0 saturated carbocycles. The van der Waals surface area contributed by atoms with Crippen LogP contribution in [-0.4, -0.2) is 4.57 Å². The molecule has 0 spiro atoms. The minimum Gasteiger partial charge on any atom is -0.233 e. The first-order valence-corrected chi connectivity index (χ1v) is 14.4. The molecule has 2 nitrogen and oxygen atoms in total. The van der Waals surface area contributed by atoms with Gasteiger partial charge in [-0.15, -0.1) is 0 Å². The Morgan fingerprint density at radius 3 is 1.92 bits per heavy atom. The fourth-order valence-corrected chi connectivity index (χ4v) is 5.83. The van der Waals surface area contributed by atoms with Crippen LogP contribution in [0.5, 0.6) is 0 Å². The van der Waals surface area contributed by atoms with Crippen LogP contribution in [0.2, 0.25) is 0 Å². The second-order valence-corrected chi connectivity index (χ2v) is 10.9. The van der Waals surface area contributed by atoms with Crippen molar-refractivity contribution in [2.45, 2.75) is 89.6 Å². The zero-order valence-electron chi connectivity index (χ0n) is 22.9. The van der Waals surface area contributed by atoms with Crippen molar-refractivity contribution in [2.75, 3.05) is 0 Å². The van der Waals surface area contributed by atoms with E-state index in [1.807, 2.05) is 0 Å². The van der Waals surface area contributed by atoms with Crippen LogP contribution in [0, 0.1) is 0 Å². The molecule has 37 heavy (non-hydrogen) atoms. The summed E-state index contributed by atoms with van der Waals surface area (Å²) >= 11 is 0. The number of rotatable bonds is 15.